The molecule has 0 bridgehead atoms. The summed E-state index contributed by atoms with van der Waals surface area (Å²) in [5.74, 6) is -0.532. The lowest BCUT2D eigenvalue weighted by Gasteiger charge is -2.13. The number of carbonyl (C=O) groups excluding carboxylic acids is 2. The second-order valence-electron chi connectivity index (χ2n) is 5.62. The van der Waals surface area contributed by atoms with Gasteiger partial charge in [-0.3, -0.25) is 14.5 Å². The number of rotatable bonds is 3. The highest BCUT2D eigenvalue weighted by Gasteiger charge is 2.35. The number of imide groups is 1. The maximum Gasteiger partial charge on any atom is 0.416 e. The molecule has 0 aromatic heterocycles. The summed E-state index contributed by atoms with van der Waals surface area (Å²) in [4.78, 5) is 25.8. The normalized spacial score (nSPS) is 16.5. The molecule has 1 saturated heterocycles. The molecular weight excluding hydrogens is 422 g/mol. The Morgan fingerprint density at radius 2 is 1.70 bits per heavy atom. The summed E-state index contributed by atoms with van der Waals surface area (Å²) in [5, 5.41) is 0.275. The molecule has 140 valence electrons. The zero-order valence-electron chi connectivity index (χ0n) is 13.4. The molecule has 9 heteroatoms. The molecule has 0 saturated carbocycles. The molecule has 1 fully saturated rings. The zero-order chi connectivity index (χ0) is 19.8. The summed E-state index contributed by atoms with van der Waals surface area (Å²) >= 11 is 12.6. The van der Waals surface area contributed by atoms with Gasteiger partial charge in [0.2, 0.25) is 0 Å². The standard InChI is InChI=1S/C18H10Cl2F3NO2S/c19-13-6-3-11(14(20)8-13)9-24-16(25)15(27-17(24)26)7-10-1-4-12(5-2-10)18(21,22)23/h1-8H,9H2/b15-7-. The quantitative estimate of drug-likeness (QED) is 0.539. The fraction of sp³-hybridized carbons (Fsp3) is 0.111. The number of alkyl halides is 3. The van der Waals surface area contributed by atoms with E-state index in [0.29, 0.717) is 21.2 Å². The number of thioether (sulfide) groups is 1. The molecule has 1 aliphatic rings. The average Bonchev–Trinajstić information content (AvgIpc) is 2.84. The van der Waals surface area contributed by atoms with E-state index in [9.17, 15) is 22.8 Å². The van der Waals surface area contributed by atoms with Crippen LogP contribution in [0.4, 0.5) is 18.0 Å². The summed E-state index contributed by atoms with van der Waals surface area (Å²) in [6.45, 7) is -0.0228. The fourth-order valence-corrected chi connectivity index (χ4v) is 3.68. The summed E-state index contributed by atoms with van der Waals surface area (Å²) in [5.41, 5.74) is 0.155. The van der Waals surface area contributed by atoms with Crippen LogP contribution in [0.25, 0.3) is 6.08 Å². The molecule has 2 amide bonds. The number of benzene rings is 2. The van der Waals surface area contributed by atoms with Crippen LogP contribution in [0.15, 0.2) is 47.4 Å². The third kappa shape index (κ3) is 4.48. The van der Waals surface area contributed by atoms with Gasteiger partial charge in [0.15, 0.2) is 0 Å². The number of carbonyl (C=O) groups is 2. The second-order valence-corrected chi connectivity index (χ2v) is 7.46. The molecule has 1 heterocycles. The van der Waals surface area contributed by atoms with Crippen molar-refractivity contribution < 1.29 is 22.8 Å². The van der Waals surface area contributed by atoms with Crippen LogP contribution in [0.5, 0.6) is 0 Å². The molecule has 1 aliphatic heterocycles. The van der Waals surface area contributed by atoms with Crippen LogP contribution >= 0.6 is 35.0 Å². The van der Waals surface area contributed by atoms with Gasteiger partial charge in [-0.1, -0.05) is 41.4 Å². The number of halogens is 5. The molecule has 2 aromatic rings. The minimum atomic E-state index is -4.44. The van der Waals surface area contributed by atoms with Gasteiger partial charge in [-0.2, -0.15) is 13.2 Å². The average molecular weight is 432 g/mol. The first kappa shape index (κ1) is 19.8. The monoisotopic (exact) mass is 431 g/mol. The van der Waals surface area contributed by atoms with E-state index in [1.807, 2.05) is 0 Å². The highest BCUT2D eigenvalue weighted by Crippen LogP contribution is 2.35. The van der Waals surface area contributed by atoms with Gasteiger partial charge < -0.3 is 0 Å². The van der Waals surface area contributed by atoms with E-state index in [0.717, 1.165) is 28.8 Å². The van der Waals surface area contributed by atoms with E-state index in [2.05, 4.69) is 0 Å². The third-order valence-electron chi connectivity index (χ3n) is 3.75. The predicted molar refractivity (Wildman–Crippen MR) is 99.4 cm³/mol. The van der Waals surface area contributed by atoms with E-state index >= 15 is 0 Å². The molecule has 2 aromatic carbocycles. The predicted octanol–water partition coefficient (Wildman–Crippen LogP) is 6.25. The van der Waals surface area contributed by atoms with Crippen molar-refractivity contribution in [3.63, 3.8) is 0 Å². The van der Waals surface area contributed by atoms with Crippen molar-refractivity contribution in [1.82, 2.24) is 4.90 Å². The Morgan fingerprint density at radius 1 is 1.04 bits per heavy atom. The number of hydrogen-bond acceptors (Lipinski definition) is 3. The van der Waals surface area contributed by atoms with Crippen molar-refractivity contribution >= 4 is 52.2 Å². The Balaban J connectivity index is 1.80. The Morgan fingerprint density at radius 3 is 2.30 bits per heavy atom. The van der Waals surface area contributed by atoms with E-state index in [-0.39, 0.29) is 11.4 Å². The lowest BCUT2D eigenvalue weighted by molar-refractivity contribution is -0.137. The summed E-state index contributed by atoms with van der Waals surface area (Å²) in [7, 11) is 0. The molecule has 0 unspecified atom stereocenters. The number of amides is 2. The third-order valence-corrected chi connectivity index (χ3v) is 5.25. The largest absolute Gasteiger partial charge is 0.416 e. The topological polar surface area (TPSA) is 37.4 Å². The van der Waals surface area contributed by atoms with E-state index in [4.69, 9.17) is 23.2 Å². The van der Waals surface area contributed by atoms with E-state index < -0.39 is 22.9 Å². The van der Waals surface area contributed by atoms with Gasteiger partial charge >= 0.3 is 6.18 Å². The van der Waals surface area contributed by atoms with Gasteiger partial charge in [-0.25, -0.2) is 0 Å². The Bertz CT molecular complexity index is 943. The molecule has 3 rings (SSSR count). The molecule has 0 N–H and O–H groups in total. The van der Waals surface area contributed by atoms with Crippen molar-refractivity contribution in [1.29, 1.82) is 0 Å². The first-order valence-corrected chi connectivity index (χ1v) is 9.09. The first-order chi connectivity index (χ1) is 12.6. The smallest absolute Gasteiger partial charge is 0.268 e. The van der Waals surface area contributed by atoms with Crippen molar-refractivity contribution in [2.45, 2.75) is 12.7 Å². The highest BCUT2D eigenvalue weighted by atomic mass is 35.5. The maximum atomic E-state index is 12.6. The van der Waals surface area contributed by atoms with Crippen molar-refractivity contribution in [2.24, 2.45) is 0 Å². The van der Waals surface area contributed by atoms with Crippen molar-refractivity contribution in [3.8, 4) is 0 Å². The Kier molecular flexibility index (Phi) is 5.55. The van der Waals surface area contributed by atoms with Crippen molar-refractivity contribution in [3.05, 3.63) is 74.1 Å². The van der Waals surface area contributed by atoms with Gasteiger partial charge in [-0.05, 0) is 53.2 Å². The van der Waals surface area contributed by atoms with Crippen LogP contribution in [0.1, 0.15) is 16.7 Å². The fourth-order valence-electron chi connectivity index (χ4n) is 2.38. The van der Waals surface area contributed by atoms with Gasteiger partial charge in [0.05, 0.1) is 17.0 Å². The number of nitrogens with zero attached hydrogens (tertiary/aromatic N) is 1. The molecule has 3 nitrogen and oxygen atoms in total. The van der Waals surface area contributed by atoms with Crippen LogP contribution in [0, 0.1) is 0 Å². The van der Waals surface area contributed by atoms with Crippen LogP contribution in [0.3, 0.4) is 0 Å². The molecule has 27 heavy (non-hydrogen) atoms. The highest BCUT2D eigenvalue weighted by molar-refractivity contribution is 8.18. The molecule has 0 aliphatic carbocycles. The van der Waals surface area contributed by atoms with Gasteiger partial charge in [0.25, 0.3) is 11.1 Å². The van der Waals surface area contributed by atoms with E-state index in [1.165, 1.54) is 24.3 Å². The van der Waals surface area contributed by atoms with Crippen LogP contribution in [-0.2, 0) is 17.5 Å². The minimum absolute atomic E-state index is 0.0228. The summed E-state index contributed by atoms with van der Waals surface area (Å²) in [6, 6.07) is 9.05. The van der Waals surface area contributed by atoms with E-state index in [1.54, 1.807) is 12.1 Å². The number of hydrogen-bond donors (Lipinski definition) is 0. The van der Waals surface area contributed by atoms with Crippen LogP contribution in [-0.4, -0.2) is 16.0 Å². The first-order valence-electron chi connectivity index (χ1n) is 7.52. The molecule has 0 spiro atoms. The lowest BCUT2D eigenvalue weighted by Crippen LogP contribution is -2.27. The van der Waals surface area contributed by atoms with Gasteiger partial charge in [0, 0.05) is 10.0 Å². The minimum Gasteiger partial charge on any atom is -0.268 e. The van der Waals surface area contributed by atoms with Crippen LogP contribution < -0.4 is 0 Å². The molecule has 0 atom stereocenters. The lowest BCUT2D eigenvalue weighted by atomic mass is 10.1. The second kappa shape index (κ2) is 7.58. The zero-order valence-corrected chi connectivity index (χ0v) is 15.7. The summed E-state index contributed by atoms with van der Waals surface area (Å²) in [6.07, 6.45) is -3.05. The Hall–Kier alpha value is -1.96. The maximum absolute atomic E-state index is 12.6. The SMILES string of the molecule is O=C1S/C(=C\c2ccc(C(F)(F)F)cc2)C(=O)N1Cc1ccc(Cl)cc1Cl. The van der Waals surface area contributed by atoms with Crippen molar-refractivity contribution in [2.75, 3.05) is 0 Å². The van der Waals surface area contributed by atoms with Gasteiger partial charge in [-0.15, -0.1) is 0 Å². The van der Waals surface area contributed by atoms with Crippen LogP contribution in [0.2, 0.25) is 10.0 Å². The molecular formula is C18H10Cl2F3NO2S. The Labute approximate surface area is 166 Å². The summed E-state index contributed by atoms with van der Waals surface area (Å²) < 4.78 is 37.8. The molecule has 0 radical (unpaired) electrons. The van der Waals surface area contributed by atoms with Gasteiger partial charge in [0.1, 0.15) is 0 Å².